The second-order valence-electron chi connectivity index (χ2n) is 9.32. The Morgan fingerprint density at radius 2 is 1.75 bits per heavy atom. The van der Waals surface area contributed by atoms with Gasteiger partial charge in [0.15, 0.2) is 0 Å². The van der Waals surface area contributed by atoms with E-state index >= 15 is 0 Å². The number of aliphatic hydroxyl groups is 2. The van der Waals surface area contributed by atoms with Crippen LogP contribution in [0.4, 0.5) is 18.0 Å². The first-order valence-corrected chi connectivity index (χ1v) is 11.3. The molecule has 2 N–H and O–H groups in total. The predicted octanol–water partition coefficient (Wildman–Crippen LogP) is 5.73. The van der Waals surface area contributed by atoms with E-state index in [0.717, 1.165) is 17.8 Å². The number of hydrogen-bond acceptors (Lipinski definition) is 5. The topological polar surface area (TPSA) is 82.9 Å². The van der Waals surface area contributed by atoms with Gasteiger partial charge in [-0.15, -0.1) is 0 Å². The maximum atomic E-state index is 13.2. The molecule has 36 heavy (non-hydrogen) atoms. The molecule has 0 aliphatic rings. The molecule has 1 heterocycles. The number of halogens is 3. The van der Waals surface area contributed by atoms with Gasteiger partial charge in [0, 0.05) is 12.7 Å². The predicted molar refractivity (Wildman–Crippen MR) is 129 cm³/mol. The van der Waals surface area contributed by atoms with Gasteiger partial charge >= 0.3 is 12.3 Å². The molecule has 0 bridgehead atoms. The number of ether oxygens (including phenoxy) is 1. The van der Waals surface area contributed by atoms with Crippen LogP contribution in [0, 0.1) is 0 Å². The van der Waals surface area contributed by atoms with Crippen LogP contribution in [0.3, 0.4) is 0 Å². The number of aliphatic hydroxyl groups excluding tert-OH is 2. The lowest BCUT2D eigenvalue weighted by Crippen LogP contribution is -2.39. The zero-order valence-electron chi connectivity index (χ0n) is 20.3. The third-order valence-electron chi connectivity index (χ3n) is 5.35. The van der Waals surface area contributed by atoms with Crippen LogP contribution in [0.15, 0.2) is 66.9 Å². The third-order valence-corrected chi connectivity index (χ3v) is 5.35. The summed E-state index contributed by atoms with van der Waals surface area (Å²) < 4.78 is 45.1. The molecule has 2 aromatic carbocycles. The molecule has 1 atom stereocenters. The fourth-order valence-electron chi connectivity index (χ4n) is 3.76. The number of pyridine rings is 1. The highest BCUT2D eigenvalue weighted by atomic mass is 19.4. The van der Waals surface area contributed by atoms with Crippen molar-refractivity contribution in [3.8, 4) is 11.1 Å². The highest BCUT2D eigenvalue weighted by molar-refractivity contribution is 5.70. The van der Waals surface area contributed by atoms with Crippen LogP contribution in [-0.2, 0) is 24.1 Å². The molecule has 0 radical (unpaired) electrons. The second-order valence-corrected chi connectivity index (χ2v) is 9.32. The van der Waals surface area contributed by atoms with Crippen molar-refractivity contribution in [1.29, 1.82) is 0 Å². The van der Waals surface area contributed by atoms with Gasteiger partial charge in [0.2, 0.25) is 0 Å². The van der Waals surface area contributed by atoms with Gasteiger partial charge in [0.05, 0.1) is 19.3 Å². The van der Waals surface area contributed by atoms with Gasteiger partial charge in [-0.2, -0.15) is 13.2 Å². The van der Waals surface area contributed by atoms with Gasteiger partial charge in [0.1, 0.15) is 11.3 Å². The number of benzene rings is 2. The van der Waals surface area contributed by atoms with E-state index in [9.17, 15) is 28.2 Å². The molecule has 1 amide bonds. The Kier molecular flexibility index (Phi) is 8.37. The van der Waals surface area contributed by atoms with Gasteiger partial charge in [0.25, 0.3) is 0 Å². The summed E-state index contributed by atoms with van der Waals surface area (Å²) in [5.74, 6) is 0. The third kappa shape index (κ3) is 7.05. The molecule has 1 aromatic heterocycles. The van der Waals surface area contributed by atoms with Crippen LogP contribution >= 0.6 is 0 Å². The van der Waals surface area contributed by atoms with Crippen LogP contribution in [0.1, 0.15) is 49.3 Å². The number of nitrogens with zero attached hydrogens (tertiary/aromatic N) is 2. The molecule has 0 fully saturated rings. The zero-order chi connectivity index (χ0) is 26.5. The number of hydrogen-bond donors (Lipinski definition) is 2. The second kappa shape index (κ2) is 11.1. The minimum atomic E-state index is -4.63. The van der Waals surface area contributed by atoms with Crippen LogP contribution in [0.25, 0.3) is 11.1 Å². The van der Waals surface area contributed by atoms with Gasteiger partial charge < -0.3 is 19.8 Å². The highest BCUT2D eigenvalue weighted by Gasteiger charge is 2.33. The Morgan fingerprint density at radius 1 is 1.06 bits per heavy atom. The van der Waals surface area contributed by atoms with E-state index in [2.05, 4.69) is 4.98 Å². The highest BCUT2D eigenvalue weighted by Crippen LogP contribution is 2.34. The molecule has 3 aromatic rings. The number of rotatable bonds is 7. The lowest BCUT2D eigenvalue weighted by atomic mass is 9.93. The van der Waals surface area contributed by atoms with Crippen LogP contribution in [-0.4, -0.2) is 38.3 Å². The quantitative estimate of drug-likeness (QED) is 0.431. The van der Waals surface area contributed by atoms with Crippen LogP contribution in [0.2, 0.25) is 0 Å². The number of aromatic nitrogens is 1. The van der Waals surface area contributed by atoms with E-state index < -0.39 is 36.3 Å². The molecule has 0 spiro atoms. The Bertz CT molecular complexity index is 1180. The van der Waals surface area contributed by atoms with Crippen molar-refractivity contribution < 1.29 is 32.9 Å². The van der Waals surface area contributed by atoms with E-state index in [1.807, 2.05) is 30.3 Å². The molecule has 0 saturated carbocycles. The standard InChI is InChI=1S/C27H29F3N2O4/c1-26(2,3)36-25(35)32(15-18-8-5-4-6-9-18)16-23(34)21-11-7-10-20(22(21)17-33)19-12-13-31-24(14-19)27(28,29)30/h4-14,23,33-34H,15-17H2,1-3H3. The van der Waals surface area contributed by atoms with Crippen LogP contribution < -0.4 is 0 Å². The zero-order valence-corrected chi connectivity index (χ0v) is 20.3. The SMILES string of the molecule is CC(C)(C)OC(=O)N(Cc1ccccc1)CC(O)c1cccc(-c2ccnc(C(F)(F)F)c2)c1CO. The first kappa shape index (κ1) is 27.2. The molecule has 0 aliphatic carbocycles. The average molecular weight is 503 g/mol. The lowest BCUT2D eigenvalue weighted by Gasteiger charge is -2.29. The maximum Gasteiger partial charge on any atom is 0.433 e. The molecule has 192 valence electrons. The molecule has 3 rings (SSSR count). The Hall–Kier alpha value is -3.43. The first-order chi connectivity index (χ1) is 16.9. The number of carbonyl (C=O) groups is 1. The molecule has 9 heteroatoms. The fourth-order valence-corrected chi connectivity index (χ4v) is 3.76. The van der Waals surface area contributed by atoms with Crippen molar-refractivity contribution in [3.63, 3.8) is 0 Å². The summed E-state index contributed by atoms with van der Waals surface area (Å²) in [6.45, 7) is 4.68. The van der Waals surface area contributed by atoms with Gasteiger partial charge in [-0.05, 0) is 60.7 Å². The van der Waals surface area contributed by atoms with E-state index in [1.165, 1.54) is 11.0 Å². The van der Waals surface area contributed by atoms with Crippen molar-refractivity contribution in [3.05, 3.63) is 89.2 Å². The van der Waals surface area contributed by atoms with Gasteiger partial charge in [-0.1, -0.05) is 48.5 Å². The molecule has 1 unspecified atom stereocenters. The van der Waals surface area contributed by atoms with Crippen LogP contribution in [0.5, 0.6) is 0 Å². The van der Waals surface area contributed by atoms with E-state index in [1.54, 1.807) is 39.0 Å². The summed E-state index contributed by atoms with van der Waals surface area (Å²) in [7, 11) is 0. The fraction of sp³-hybridized carbons (Fsp3) is 0.333. The Balaban J connectivity index is 1.95. The number of amides is 1. The number of alkyl halides is 3. The Labute approximate surface area is 208 Å². The molecule has 0 aliphatic heterocycles. The van der Waals surface area contributed by atoms with Crippen molar-refractivity contribution in [2.45, 2.75) is 51.8 Å². The monoisotopic (exact) mass is 502 g/mol. The summed E-state index contributed by atoms with van der Waals surface area (Å²) in [5, 5.41) is 21.2. The normalized spacial score (nSPS) is 12.8. The summed E-state index contributed by atoms with van der Waals surface area (Å²) in [5.41, 5.74) is 0.0784. The molecule has 6 nitrogen and oxygen atoms in total. The minimum Gasteiger partial charge on any atom is -0.444 e. The lowest BCUT2D eigenvalue weighted by molar-refractivity contribution is -0.141. The molecule has 0 saturated heterocycles. The van der Waals surface area contributed by atoms with E-state index in [4.69, 9.17) is 4.74 Å². The van der Waals surface area contributed by atoms with Gasteiger partial charge in [-0.3, -0.25) is 4.98 Å². The van der Waals surface area contributed by atoms with Crippen molar-refractivity contribution in [2.75, 3.05) is 6.54 Å². The van der Waals surface area contributed by atoms with E-state index in [-0.39, 0.29) is 24.2 Å². The smallest absolute Gasteiger partial charge is 0.433 e. The van der Waals surface area contributed by atoms with E-state index in [0.29, 0.717) is 11.1 Å². The Morgan fingerprint density at radius 3 is 2.36 bits per heavy atom. The summed E-state index contributed by atoms with van der Waals surface area (Å²) in [6.07, 6.45) is -5.45. The maximum absolute atomic E-state index is 13.2. The molecular weight excluding hydrogens is 473 g/mol. The molecular formula is C27H29F3N2O4. The summed E-state index contributed by atoms with van der Waals surface area (Å²) in [4.78, 5) is 17.7. The average Bonchev–Trinajstić information content (AvgIpc) is 2.82. The van der Waals surface area contributed by atoms with Crippen molar-refractivity contribution in [2.24, 2.45) is 0 Å². The van der Waals surface area contributed by atoms with Crippen molar-refractivity contribution >= 4 is 6.09 Å². The van der Waals surface area contributed by atoms with Crippen molar-refractivity contribution in [1.82, 2.24) is 9.88 Å². The summed E-state index contributed by atoms with van der Waals surface area (Å²) in [6, 6.07) is 16.2. The summed E-state index contributed by atoms with van der Waals surface area (Å²) >= 11 is 0. The number of carbonyl (C=O) groups excluding carboxylic acids is 1. The largest absolute Gasteiger partial charge is 0.444 e. The minimum absolute atomic E-state index is 0.162. The van der Waals surface area contributed by atoms with Gasteiger partial charge in [-0.25, -0.2) is 4.79 Å². The first-order valence-electron chi connectivity index (χ1n) is 11.3.